The van der Waals surface area contributed by atoms with Crippen molar-refractivity contribution in [1.29, 1.82) is 0 Å². The van der Waals surface area contributed by atoms with Gasteiger partial charge in [0, 0.05) is 44.0 Å². The number of rotatable bonds is 6. The molecule has 5 nitrogen and oxygen atoms in total. The van der Waals surface area contributed by atoms with Crippen molar-refractivity contribution in [3.05, 3.63) is 30.1 Å². The molecule has 0 radical (unpaired) electrons. The monoisotopic (exact) mass is 331 g/mol. The molecule has 0 spiro atoms. The maximum atomic E-state index is 12.0. The Morgan fingerprint density at radius 2 is 2.00 bits per heavy atom. The first-order valence-corrected chi connectivity index (χ1v) is 9.28. The summed E-state index contributed by atoms with van der Waals surface area (Å²) in [7, 11) is 0. The Balaban J connectivity index is 1.65. The third-order valence-electron chi connectivity index (χ3n) is 5.40. The quantitative estimate of drug-likeness (QED) is 0.803. The van der Waals surface area contributed by atoms with Gasteiger partial charge in [-0.2, -0.15) is 0 Å². The zero-order valence-corrected chi connectivity index (χ0v) is 14.7. The molecule has 1 amide bonds. The van der Waals surface area contributed by atoms with Crippen LogP contribution in [0.2, 0.25) is 0 Å². The fourth-order valence-electron chi connectivity index (χ4n) is 3.87. The van der Waals surface area contributed by atoms with Crippen LogP contribution in [0.15, 0.2) is 24.5 Å². The van der Waals surface area contributed by atoms with Gasteiger partial charge in [-0.1, -0.05) is 13.0 Å². The Bertz CT molecular complexity index is 521. The average Bonchev–Trinajstić information content (AvgIpc) is 3.16. The summed E-state index contributed by atoms with van der Waals surface area (Å²) in [6.07, 6.45) is 8.62. The molecular weight excluding hydrogens is 302 g/mol. The maximum absolute atomic E-state index is 12.0. The molecule has 2 fully saturated rings. The van der Waals surface area contributed by atoms with Gasteiger partial charge in [-0.15, -0.1) is 0 Å². The highest BCUT2D eigenvalue weighted by Gasteiger charge is 2.38. The summed E-state index contributed by atoms with van der Waals surface area (Å²) < 4.78 is 6.46. The maximum Gasteiger partial charge on any atom is 0.222 e. The highest BCUT2D eigenvalue weighted by Crippen LogP contribution is 2.36. The molecule has 3 rings (SSSR count). The molecule has 0 aromatic carbocycles. The van der Waals surface area contributed by atoms with Gasteiger partial charge in [0.05, 0.1) is 12.2 Å². The molecule has 132 valence electrons. The van der Waals surface area contributed by atoms with Gasteiger partial charge >= 0.3 is 0 Å². The molecule has 1 aromatic rings. The van der Waals surface area contributed by atoms with Crippen LogP contribution < -0.4 is 0 Å². The van der Waals surface area contributed by atoms with Crippen LogP contribution in [0.25, 0.3) is 0 Å². The first kappa shape index (κ1) is 17.4. The van der Waals surface area contributed by atoms with Gasteiger partial charge < -0.3 is 14.5 Å². The van der Waals surface area contributed by atoms with Crippen molar-refractivity contribution in [2.75, 3.05) is 39.3 Å². The van der Waals surface area contributed by atoms with Gasteiger partial charge in [-0.05, 0) is 44.8 Å². The first-order valence-electron chi connectivity index (χ1n) is 9.28. The van der Waals surface area contributed by atoms with E-state index in [-0.39, 0.29) is 11.5 Å². The van der Waals surface area contributed by atoms with Crippen LogP contribution in [0.5, 0.6) is 0 Å². The largest absolute Gasteiger partial charge is 0.369 e. The highest BCUT2D eigenvalue weighted by atomic mass is 16.5. The summed E-state index contributed by atoms with van der Waals surface area (Å²) in [5.74, 6) is 0.242. The fraction of sp³-hybridized carbons (Fsp3) is 0.684. The van der Waals surface area contributed by atoms with E-state index in [1.54, 1.807) is 6.20 Å². The van der Waals surface area contributed by atoms with E-state index in [4.69, 9.17) is 4.74 Å². The lowest BCUT2D eigenvalue weighted by Gasteiger charge is -2.42. The molecule has 2 saturated heterocycles. The minimum Gasteiger partial charge on any atom is -0.369 e. The van der Waals surface area contributed by atoms with Gasteiger partial charge in [0.2, 0.25) is 5.91 Å². The van der Waals surface area contributed by atoms with Crippen molar-refractivity contribution < 1.29 is 9.53 Å². The van der Waals surface area contributed by atoms with Gasteiger partial charge in [-0.25, -0.2) is 0 Å². The predicted octanol–water partition coefficient (Wildman–Crippen LogP) is 2.42. The fourth-order valence-corrected chi connectivity index (χ4v) is 3.87. The number of hydrogen-bond donors (Lipinski definition) is 0. The molecule has 1 aromatic heterocycles. The van der Waals surface area contributed by atoms with Gasteiger partial charge in [0.1, 0.15) is 0 Å². The van der Waals surface area contributed by atoms with E-state index in [1.165, 1.54) is 25.9 Å². The number of likely N-dealkylation sites (tertiary alicyclic amines) is 2. The first-order chi connectivity index (χ1) is 11.7. The Morgan fingerprint density at radius 3 is 2.62 bits per heavy atom. The number of ether oxygens (including phenoxy) is 1. The average molecular weight is 331 g/mol. The zero-order chi connectivity index (χ0) is 16.8. The molecule has 0 atom stereocenters. The minimum atomic E-state index is -0.293. The van der Waals surface area contributed by atoms with Crippen molar-refractivity contribution in [2.24, 2.45) is 0 Å². The topological polar surface area (TPSA) is 45.7 Å². The normalized spacial score (nSPS) is 21.1. The number of aromatic nitrogens is 1. The summed E-state index contributed by atoms with van der Waals surface area (Å²) in [4.78, 5) is 20.7. The zero-order valence-electron chi connectivity index (χ0n) is 14.7. The molecule has 5 heteroatoms. The lowest BCUT2D eigenvalue weighted by atomic mass is 9.84. The SMILES string of the molecule is CCC(=O)N1CCC(OCCN2CCCC2)(c2cccnc2)CC1. The number of carbonyl (C=O) groups is 1. The van der Waals surface area contributed by atoms with Crippen LogP contribution in [-0.4, -0.2) is 60.0 Å². The van der Waals surface area contributed by atoms with E-state index in [2.05, 4.69) is 16.0 Å². The van der Waals surface area contributed by atoms with Crippen LogP contribution in [0.4, 0.5) is 0 Å². The highest BCUT2D eigenvalue weighted by molar-refractivity contribution is 5.75. The second-order valence-corrected chi connectivity index (χ2v) is 6.87. The third-order valence-corrected chi connectivity index (χ3v) is 5.40. The van der Waals surface area contributed by atoms with Gasteiger partial charge in [0.15, 0.2) is 0 Å². The second-order valence-electron chi connectivity index (χ2n) is 6.87. The van der Waals surface area contributed by atoms with Gasteiger partial charge in [0.25, 0.3) is 0 Å². The minimum absolute atomic E-state index is 0.242. The molecule has 0 aliphatic carbocycles. The second kappa shape index (κ2) is 8.08. The van der Waals surface area contributed by atoms with Crippen LogP contribution in [0, 0.1) is 0 Å². The van der Waals surface area contributed by atoms with E-state index < -0.39 is 0 Å². The van der Waals surface area contributed by atoms with Gasteiger partial charge in [-0.3, -0.25) is 9.78 Å². The number of piperidine rings is 1. The Morgan fingerprint density at radius 1 is 1.25 bits per heavy atom. The lowest BCUT2D eigenvalue weighted by Crippen LogP contribution is -2.47. The molecule has 2 aliphatic heterocycles. The van der Waals surface area contributed by atoms with Crippen molar-refractivity contribution in [3.63, 3.8) is 0 Å². The van der Waals surface area contributed by atoms with Crippen molar-refractivity contribution in [3.8, 4) is 0 Å². The molecule has 0 bridgehead atoms. The molecule has 0 unspecified atom stereocenters. The van der Waals surface area contributed by atoms with E-state index >= 15 is 0 Å². The molecule has 0 saturated carbocycles. The number of amides is 1. The van der Waals surface area contributed by atoms with E-state index in [9.17, 15) is 4.79 Å². The molecule has 3 heterocycles. The third kappa shape index (κ3) is 3.95. The van der Waals surface area contributed by atoms with Crippen molar-refractivity contribution >= 4 is 5.91 Å². The van der Waals surface area contributed by atoms with Crippen LogP contribution >= 0.6 is 0 Å². The predicted molar refractivity (Wildman–Crippen MR) is 93.6 cm³/mol. The van der Waals surface area contributed by atoms with E-state index in [0.717, 1.165) is 44.6 Å². The summed E-state index contributed by atoms with van der Waals surface area (Å²) in [5, 5.41) is 0. The molecule has 24 heavy (non-hydrogen) atoms. The molecule has 0 N–H and O–H groups in total. The van der Waals surface area contributed by atoms with Crippen molar-refractivity contribution in [1.82, 2.24) is 14.8 Å². The number of pyridine rings is 1. The number of carbonyl (C=O) groups excluding carboxylic acids is 1. The Kier molecular flexibility index (Phi) is 5.85. The summed E-state index contributed by atoms with van der Waals surface area (Å²) in [6, 6.07) is 4.09. The summed E-state index contributed by atoms with van der Waals surface area (Å²) in [6.45, 7) is 7.61. The Hall–Kier alpha value is -1.46. The molecular formula is C19H29N3O2. The number of nitrogens with zero attached hydrogens (tertiary/aromatic N) is 3. The van der Waals surface area contributed by atoms with Crippen molar-refractivity contribution in [2.45, 2.75) is 44.6 Å². The van der Waals surface area contributed by atoms with Crippen LogP contribution in [-0.2, 0) is 15.1 Å². The van der Waals surface area contributed by atoms with E-state index in [0.29, 0.717) is 6.42 Å². The van der Waals surface area contributed by atoms with E-state index in [1.807, 2.05) is 24.1 Å². The Labute approximate surface area is 145 Å². The lowest BCUT2D eigenvalue weighted by molar-refractivity contribution is -0.139. The van der Waals surface area contributed by atoms with Crippen LogP contribution in [0.3, 0.4) is 0 Å². The summed E-state index contributed by atoms with van der Waals surface area (Å²) in [5.41, 5.74) is 0.855. The standard InChI is InChI=1S/C19H29N3O2/c1-2-18(23)22-12-7-19(8-13-22,17-6-5-9-20-16-17)24-15-14-21-10-3-4-11-21/h5-6,9,16H,2-4,7-8,10-15H2,1H3. The number of hydrogen-bond acceptors (Lipinski definition) is 4. The smallest absolute Gasteiger partial charge is 0.222 e. The summed E-state index contributed by atoms with van der Waals surface area (Å²) >= 11 is 0. The molecule has 2 aliphatic rings. The van der Waals surface area contributed by atoms with Crippen LogP contribution in [0.1, 0.15) is 44.6 Å².